The summed E-state index contributed by atoms with van der Waals surface area (Å²) < 4.78 is 6.03. The fraction of sp³-hybridized carbons (Fsp3) is 0.0294. The zero-order valence-corrected chi connectivity index (χ0v) is 24.1. The van der Waals surface area contributed by atoms with E-state index in [1.54, 1.807) is 12.1 Å². The van der Waals surface area contributed by atoms with Crippen molar-refractivity contribution in [3.05, 3.63) is 117 Å². The lowest BCUT2D eigenvalue weighted by Gasteiger charge is -2.06. The molecule has 2 aliphatic heterocycles. The van der Waals surface area contributed by atoms with Crippen molar-refractivity contribution in [3.8, 4) is 22.3 Å². The third-order valence-corrected chi connectivity index (χ3v) is 8.08. The van der Waals surface area contributed by atoms with Gasteiger partial charge in [-0.15, -0.1) is 0 Å². The van der Waals surface area contributed by atoms with E-state index in [4.69, 9.17) is 14.7 Å². The normalized spacial score (nSPS) is 12.0. The lowest BCUT2D eigenvalue weighted by molar-refractivity contribution is 0.0600. The SMILES string of the molecule is COC(=O)c1ccc(-c2c3nc(cc4ccc([nH]4)c(-c4ccccc4I)c4nc(cc5ccc2[nH]5)C=C4)C=C3)cc1. The molecule has 0 amide bonds. The van der Waals surface area contributed by atoms with Gasteiger partial charge in [-0.2, -0.15) is 0 Å². The van der Waals surface area contributed by atoms with E-state index in [2.05, 4.69) is 75.0 Å². The maximum atomic E-state index is 12.0. The van der Waals surface area contributed by atoms with E-state index >= 15 is 0 Å². The quantitative estimate of drug-likeness (QED) is 0.149. The summed E-state index contributed by atoms with van der Waals surface area (Å²) >= 11 is 2.38. The molecule has 0 atom stereocenters. The van der Waals surface area contributed by atoms with Crippen LogP contribution < -0.4 is 0 Å². The number of hydrogen-bond acceptors (Lipinski definition) is 4. The number of halogens is 1. The van der Waals surface area contributed by atoms with E-state index in [1.165, 1.54) is 7.11 Å². The molecule has 0 aliphatic carbocycles. The number of carbonyl (C=O) groups excluding carboxylic acids is 1. The Morgan fingerprint density at radius 3 is 1.90 bits per heavy atom. The molecule has 7 heteroatoms. The third-order valence-electron chi connectivity index (χ3n) is 7.14. The van der Waals surface area contributed by atoms with Crippen molar-refractivity contribution in [1.29, 1.82) is 0 Å². The molecule has 2 aromatic carbocycles. The van der Waals surface area contributed by atoms with Gasteiger partial charge in [-0.3, -0.25) is 0 Å². The molecular formula is C34H23IN4O2. The topological polar surface area (TPSA) is 83.7 Å². The minimum Gasteiger partial charge on any atom is -0.465 e. The number of nitrogens with one attached hydrogen (secondary N) is 2. The Balaban J connectivity index is 1.52. The first-order valence-corrected chi connectivity index (χ1v) is 14.2. The number of rotatable bonds is 3. The first-order valence-electron chi connectivity index (χ1n) is 13.1. The van der Waals surface area contributed by atoms with Crippen molar-refractivity contribution in [3.63, 3.8) is 0 Å². The smallest absolute Gasteiger partial charge is 0.337 e. The van der Waals surface area contributed by atoms with Crippen LogP contribution in [0.25, 0.3) is 68.6 Å². The molecule has 2 N–H and O–H groups in total. The molecular weight excluding hydrogens is 623 g/mol. The van der Waals surface area contributed by atoms with Gasteiger partial charge < -0.3 is 14.7 Å². The van der Waals surface area contributed by atoms with Crippen molar-refractivity contribution in [2.75, 3.05) is 7.11 Å². The Morgan fingerprint density at radius 2 is 1.29 bits per heavy atom. The Hall–Kier alpha value is -4.76. The molecule has 6 nitrogen and oxygen atoms in total. The summed E-state index contributed by atoms with van der Waals surface area (Å²) in [6.45, 7) is 0. The standard InChI is InChI=1S/C34H23IN4O2/c1-41-34(40)21-8-6-20(7-9-21)32-28-14-10-22(36-28)18-24-12-16-30(38-24)33(26-4-2-3-5-27(26)35)31-17-13-25(39-31)19-23-11-15-29(32)37-23/h2-19,36,39H,1H3. The van der Waals surface area contributed by atoms with Gasteiger partial charge in [0, 0.05) is 36.8 Å². The molecule has 0 saturated carbocycles. The third kappa shape index (κ3) is 4.78. The summed E-state index contributed by atoms with van der Waals surface area (Å²) in [5.41, 5.74) is 11.8. The molecule has 0 fully saturated rings. The molecule has 198 valence electrons. The minimum atomic E-state index is -0.367. The van der Waals surface area contributed by atoms with E-state index in [0.717, 1.165) is 70.7 Å². The van der Waals surface area contributed by atoms with Crippen LogP contribution in [0.2, 0.25) is 0 Å². The highest BCUT2D eigenvalue weighted by atomic mass is 127. The molecule has 2 aliphatic rings. The van der Waals surface area contributed by atoms with Gasteiger partial charge in [-0.05, 0) is 113 Å². The molecule has 5 heterocycles. The molecule has 7 rings (SSSR count). The number of fused-ring (bicyclic) bond motifs is 8. The highest BCUT2D eigenvalue weighted by Crippen LogP contribution is 2.34. The van der Waals surface area contributed by atoms with Crippen LogP contribution in [0.4, 0.5) is 0 Å². The van der Waals surface area contributed by atoms with Crippen LogP contribution in [0.15, 0.2) is 84.9 Å². The summed E-state index contributed by atoms with van der Waals surface area (Å²) in [6.07, 6.45) is 8.15. The fourth-order valence-corrected chi connectivity index (χ4v) is 5.87. The van der Waals surface area contributed by atoms with Gasteiger partial charge in [0.1, 0.15) is 0 Å². The highest BCUT2D eigenvalue weighted by molar-refractivity contribution is 14.1. The van der Waals surface area contributed by atoms with Gasteiger partial charge in [-0.1, -0.05) is 30.3 Å². The Morgan fingerprint density at radius 1 is 0.707 bits per heavy atom. The largest absolute Gasteiger partial charge is 0.465 e. The first kappa shape index (κ1) is 25.2. The van der Waals surface area contributed by atoms with Crippen molar-refractivity contribution in [2.45, 2.75) is 0 Å². The number of aromatic nitrogens is 4. The lowest BCUT2D eigenvalue weighted by Crippen LogP contribution is -2.00. The monoisotopic (exact) mass is 646 g/mol. The molecule has 5 aromatic rings. The van der Waals surface area contributed by atoms with Gasteiger partial charge in [0.2, 0.25) is 0 Å². The van der Waals surface area contributed by atoms with E-state index in [-0.39, 0.29) is 5.97 Å². The number of nitrogens with zero attached hydrogens (tertiary/aromatic N) is 2. The van der Waals surface area contributed by atoms with Crippen molar-refractivity contribution in [1.82, 2.24) is 19.9 Å². The van der Waals surface area contributed by atoms with Gasteiger partial charge in [0.15, 0.2) is 0 Å². The van der Waals surface area contributed by atoms with Crippen LogP contribution in [0.1, 0.15) is 33.1 Å². The summed E-state index contributed by atoms with van der Waals surface area (Å²) in [5, 5.41) is 0. The second-order valence-electron chi connectivity index (χ2n) is 9.75. The number of H-pyrrole nitrogens is 2. The molecule has 8 bridgehead atoms. The average Bonchev–Trinajstić information content (AvgIpc) is 3.81. The van der Waals surface area contributed by atoms with Gasteiger partial charge in [0.25, 0.3) is 0 Å². The summed E-state index contributed by atoms with van der Waals surface area (Å²) in [6, 6.07) is 28.1. The zero-order valence-electron chi connectivity index (χ0n) is 22.0. The van der Waals surface area contributed by atoms with E-state index in [1.807, 2.05) is 54.6 Å². The van der Waals surface area contributed by atoms with Crippen LogP contribution in [-0.4, -0.2) is 33.0 Å². The summed E-state index contributed by atoms with van der Waals surface area (Å²) in [4.78, 5) is 29.2. The molecule has 3 aromatic heterocycles. The predicted molar refractivity (Wildman–Crippen MR) is 174 cm³/mol. The first-order chi connectivity index (χ1) is 20.1. The van der Waals surface area contributed by atoms with Gasteiger partial charge >= 0.3 is 5.97 Å². The summed E-state index contributed by atoms with van der Waals surface area (Å²) in [5.74, 6) is -0.367. The maximum absolute atomic E-state index is 12.0. The van der Waals surface area contributed by atoms with Crippen molar-refractivity contribution in [2.24, 2.45) is 0 Å². The Labute approximate surface area is 249 Å². The highest BCUT2D eigenvalue weighted by Gasteiger charge is 2.15. The minimum absolute atomic E-state index is 0.367. The second kappa shape index (κ2) is 10.3. The number of carbonyl (C=O) groups is 1. The number of methoxy groups -OCH3 is 1. The number of esters is 1. The van der Waals surface area contributed by atoms with E-state index in [0.29, 0.717) is 5.56 Å². The van der Waals surface area contributed by atoms with Gasteiger partial charge in [-0.25, -0.2) is 14.8 Å². The van der Waals surface area contributed by atoms with Crippen LogP contribution in [0.3, 0.4) is 0 Å². The molecule has 0 radical (unpaired) electrons. The average molecular weight is 646 g/mol. The molecule has 0 spiro atoms. The number of ether oxygens (including phenoxy) is 1. The second-order valence-corrected chi connectivity index (χ2v) is 10.9. The Kier molecular flexibility index (Phi) is 6.36. The van der Waals surface area contributed by atoms with Crippen molar-refractivity contribution >= 4 is 74.9 Å². The van der Waals surface area contributed by atoms with Crippen LogP contribution in [0, 0.1) is 3.57 Å². The number of benzene rings is 2. The van der Waals surface area contributed by atoms with E-state index < -0.39 is 0 Å². The molecule has 0 unspecified atom stereocenters. The van der Waals surface area contributed by atoms with Crippen molar-refractivity contribution < 1.29 is 9.53 Å². The molecule has 0 saturated heterocycles. The number of aromatic amines is 2. The van der Waals surface area contributed by atoms with Crippen LogP contribution >= 0.6 is 22.6 Å². The lowest BCUT2D eigenvalue weighted by atomic mass is 10.0. The van der Waals surface area contributed by atoms with E-state index in [9.17, 15) is 4.79 Å². The zero-order chi connectivity index (χ0) is 27.9. The predicted octanol–water partition coefficient (Wildman–Crippen LogP) is 8.38. The van der Waals surface area contributed by atoms with Crippen LogP contribution in [0.5, 0.6) is 0 Å². The van der Waals surface area contributed by atoms with Gasteiger partial charge in [0.05, 0.1) is 35.4 Å². The molecule has 41 heavy (non-hydrogen) atoms. The fourth-order valence-electron chi connectivity index (χ4n) is 5.21. The Bertz CT molecular complexity index is 2070. The maximum Gasteiger partial charge on any atom is 0.337 e. The van der Waals surface area contributed by atoms with Crippen LogP contribution in [-0.2, 0) is 4.74 Å². The summed E-state index contributed by atoms with van der Waals surface area (Å²) in [7, 11) is 1.38. The number of hydrogen-bond donors (Lipinski definition) is 2.